The summed E-state index contributed by atoms with van der Waals surface area (Å²) < 4.78 is 0. The fourth-order valence-corrected chi connectivity index (χ4v) is 2.15. The molecule has 0 spiro atoms. The normalized spacial score (nSPS) is 16.4. The third kappa shape index (κ3) is 2.55. The van der Waals surface area contributed by atoms with Crippen molar-refractivity contribution in [3.05, 3.63) is 28.8 Å². The van der Waals surface area contributed by atoms with Gasteiger partial charge in [0.15, 0.2) is 0 Å². The molecule has 0 bridgehead atoms. The van der Waals surface area contributed by atoms with Gasteiger partial charge < -0.3 is 15.7 Å². The Morgan fingerprint density at radius 2 is 2.33 bits per heavy atom. The highest BCUT2D eigenvalue weighted by Crippen LogP contribution is 2.27. The average molecular weight is 266 g/mol. The Bertz CT molecular complexity index is 521. The zero-order valence-electron chi connectivity index (χ0n) is 9.53. The molecular formula is C12H12ClN3O2. The Balaban J connectivity index is 2.25. The number of carboxylic acid groups (broad SMARTS) is 1. The van der Waals surface area contributed by atoms with Crippen LogP contribution in [0.2, 0.25) is 5.02 Å². The van der Waals surface area contributed by atoms with Gasteiger partial charge in [0.2, 0.25) is 0 Å². The van der Waals surface area contributed by atoms with Crippen molar-refractivity contribution in [3.63, 3.8) is 0 Å². The monoisotopic (exact) mass is 265 g/mol. The maximum absolute atomic E-state index is 10.9. The van der Waals surface area contributed by atoms with Gasteiger partial charge in [0, 0.05) is 18.1 Å². The number of hydrogen-bond donors (Lipinski definition) is 3. The molecule has 0 atom stereocenters. The zero-order valence-corrected chi connectivity index (χ0v) is 10.3. The molecule has 1 heterocycles. The lowest BCUT2D eigenvalue weighted by molar-refractivity contribution is -0.138. The minimum Gasteiger partial charge on any atom is -0.481 e. The minimum absolute atomic E-state index is 0.00260. The van der Waals surface area contributed by atoms with Crippen LogP contribution in [0.25, 0.3) is 0 Å². The summed E-state index contributed by atoms with van der Waals surface area (Å²) in [5, 5.41) is 24.6. The quantitative estimate of drug-likeness (QED) is 0.767. The van der Waals surface area contributed by atoms with Crippen molar-refractivity contribution in [2.45, 2.75) is 12.0 Å². The number of carbonyl (C=O) groups is 1. The minimum atomic E-state index is -0.871. The molecule has 0 aliphatic carbocycles. The van der Waals surface area contributed by atoms with E-state index in [2.05, 4.69) is 16.7 Å². The molecule has 0 aromatic heterocycles. The highest BCUT2D eigenvalue weighted by atomic mass is 35.5. The van der Waals surface area contributed by atoms with E-state index in [4.69, 9.17) is 22.0 Å². The van der Waals surface area contributed by atoms with E-state index in [1.165, 1.54) is 0 Å². The number of hydrogen-bond acceptors (Lipinski definition) is 4. The molecule has 0 saturated carbocycles. The number of anilines is 1. The van der Waals surface area contributed by atoms with E-state index in [0.717, 1.165) is 0 Å². The molecule has 6 heteroatoms. The fraction of sp³-hybridized carbons (Fsp3) is 0.333. The lowest BCUT2D eigenvalue weighted by atomic mass is 9.88. The van der Waals surface area contributed by atoms with Gasteiger partial charge in [-0.05, 0) is 18.2 Å². The Morgan fingerprint density at radius 1 is 1.61 bits per heavy atom. The van der Waals surface area contributed by atoms with Crippen LogP contribution in [0, 0.1) is 11.3 Å². The third-order valence-corrected chi connectivity index (χ3v) is 3.15. The van der Waals surface area contributed by atoms with E-state index in [-0.39, 0.29) is 6.42 Å². The maximum atomic E-state index is 10.9. The summed E-state index contributed by atoms with van der Waals surface area (Å²) in [5.74, 6) is -0.871. The molecule has 1 aromatic carbocycles. The van der Waals surface area contributed by atoms with Crippen molar-refractivity contribution in [2.24, 2.45) is 0 Å². The highest BCUT2D eigenvalue weighted by Gasteiger charge is 2.39. The van der Waals surface area contributed by atoms with Gasteiger partial charge in [-0.1, -0.05) is 11.6 Å². The topological polar surface area (TPSA) is 85.2 Å². The highest BCUT2D eigenvalue weighted by molar-refractivity contribution is 6.30. The van der Waals surface area contributed by atoms with Crippen LogP contribution in [-0.2, 0) is 4.79 Å². The average Bonchev–Trinajstić information content (AvgIpc) is 2.26. The Morgan fingerprint density at radius 3 is 2.83 bits per heavy atom. The van der Waals surface area contributed by atoms with Gasteiger partial charge in [-0.3, -0.25) is 4.79 Å². The van der Waals surface area contributed by atoms with E-state index in [0.29, 0.717) is 29.4 Å². The van der Waals surface area contributed by atoms with Crippen LogP contribution in [0.5, 0.6) is 0 Å². The van der Waals surface area contributed by atoms with Crippen molar-refractivity contribution in [2.75, 3.05) is 18.4 Å². The van der Waals surface area contributed by atoms with Crippen molar-refractivity contribution in [3.8, 4) is 6.07 Å². The van der Waals surface area contributed by atoms with Crippen LogP contribution in [0.4, 0.5) is 5.69 Å². The fourth-order valence-electron chi connectivity index (χ4n) is 1.98. The van der Waals surface area contributed by atoms with Gasteiger partial charge in [-0.15, -0.1) is 0 Å². The molecule has 0 unspecified atom stereocenters. The van der Waals surface area contributed by atoms with E-state index < -0.39 is 11.5 Å². The van der Waals surface area contributed by atoms with Gasteiger partial charge in [0.1, 0.15) is 6.07 Å². The molecule has 94 valence electrons. The first-order valence-electron chi connectivity index (χ1n) is 5.45. The summed E-state index contributed by atoms with van der Waals surface area (Å²) in [5.41, 5.74) is 0.492. The first-order chi connectivity index (χ1) is 8.54. The number of nitrogens with one attached hydrogen (secondary N) is 2. The van der Waals surface area contributed by atoms with Crippen LogP contribution >= 0.6 is 11.6 Å². The summed E-state index contributed by atoms with van der Waals surface area (Å²) in [7, 11) is 0. The maximum Gasteiger partial charge on any atom is 0.305 e. The summed E-state index contributed by atoms with van der Waals surface area (Å²) in [4.78, 5) is 10.9. The zero-order chi connectivity index (χ0) is 13.2. The second-order valence-electron chi connectivity index (χ2n) is 4.38. The van der Waals surface area contributed by atoms with Gasteiger partial charge in [0.25, 0.3) is 0 Å². The van der Waals surface area contributed by atoms with Crippen LogP contribution in [0.3, 0.4) is 0 Å². The molecule has 2 rings (SSSR count). The molecule has 0 radical (unpaired) electrons. The molecular weight excluding hydrogens is 254 g/mol. The van der Waals surface area contributed by atoms with E-state index in [9.17, 15) is 4.79 Å². The van der Waals surface area contributed by atoms with Crippen molar-refractivity contribution in [1.82, 2.24) is 5.32 Å². The third-order valence-electron chi connectivity index (χ3n) is 2.92. The smallest absolute Gasteiger partial charge is 0.305 e. The Hall–Kier alpha value is -1.77. The largest absolute Gasteiger partial charge is 0.481 e. The van der Waals surface area contributed by atoms with Crippen LogP contribution in [0.15, 0.2) is 18.2 Å². The second-order valence-corrected chi connectivity index (χ2v) is 4.82. The molecule has 0 amide bonds. The lowest BCUT2D eigenvalue weighted by Gasteiger charge is -2.43. The molecule has 3 N–H and O–H groups in total. The lowest BCUT2D eigenvalue weighted by Crippen LogP contribution is -2.65. The molecule has 5 nitrogen and oxygen atoms in total. The Kier molecular flexibility index (Phi) is 3.41. The number of nitrogens with zero attached hydrogens (tertiary/aromatic N) is 1. The number of nitriles is 1. The van der Waals surface area contributed by atoms with Crippen molar-refractivity contribution >= 4 is 23.3 Å². The van der Waals surface area contributed by atoms with Gasteiger partial charge in [-0.2, -0.15) is 5.26 Å². The van der Waals surface area contributed by atoms with Gasteiger partial charge in [-0.25, -0.2) is 0 Å². The number of halogens is 1. The molecule has 1 aliphatic heterocycles. The molecule has 1 aromatic rings. The first kappa shape index (κ1) is 12.7. The van der Waals surface area contributed by atoms with Crippen molar-refractivity contribution < 1.29 is 9.90 Å². The summed E-state index contributed by atoms with van der Waals surface area (Å²) in [6, 6.07) is 6.95. The van der Waals surface area contributed by atoms with Gasteiger partial charge >= 0.3 is 5.97 Å². The van der Waals surface area contributed by atoms with E-state index >= 15 is 0 Å². The standard InChI is InChI=1S/C12H12ClN3O2/c13-9-2-1-8(5-14)10(3-9)16-12(4-11(17)18)6-15-7-12/h1-3,15-16H,4,6-7H2,(H,17,18). The number of benzene rings is 1. The van der Waals surface area contributed by atoms with Crippen molar-refractivity contribution in [1.29, 1.82) is 5.26 Å². The summed E-state index contributed by atoms with van der Waals surface area (Å²) >= 11 is 5.89. The number of rotatable bonds is 4. The predicted octanol–water partition coefficient (Wildman–Crippen LogP) is 1.44. The van der Waals surface area contributed by atoms with E-state index in [1.807, 2.05) is 0 Å². The van der Waals surface area contributed by atoms with Gasteiger partial charge in [0.05, 0.1) is 23.2 Å². The van der Waals surface area contributed by atoms with E-state index in [1.54, 1.807) is 18.2 Å². The van der Waals surface area contributed by atoms with Crippen LogP contribution in [0.1, 0.15) is 12.0 Å². The molecule has 1 aliphatic rings. The second kappa shape index (κ2) is 4.84. The molecule has 18 heavy (non-hydrogen) atoms. The summed E-state index contributed by atoms with van der Waals surface area (Å²) in [6.07, 6.45) is -0.00260. The summed E-state index contributed by atoms with van der Waals surface area (Å²) in [6.45, 7) is 1.10. The molecule has 1 fully saturated rings. The first-order valence-corrected chi connectivity index (χ1v) is 5.83. The number of carboxylic acids is 1. The Labute approximate surface area is 109 Å². The number of aliphatic carboxylic acids is 1. The SMILES string of the molecule is N#Cc1ccc(Cl)cc1NC1(CC(=O)O)CNC1. The molecule has 1 saturated heterocycles. The van der Waals surface area contributed by atoms with Crippen LogP contribution < -0.4 is 10.6 Å². The van der Waals surface area contributed by atoms with Crippen LogP contribution in [-0.4, -0.2) is 29.7 Å². The predicted molar refractivity (Wildman–Crippen MR) is 67.6 cm³/mol.